The van der Waals surface area contributed by atoms with Crippen LogP contribution in [0.5, 0.6) is 0 Å². The van der Waals surface area contributed by atoms with Gasteiger partial charge in [-0.2, -0.15) is 0 Å². The van der Waals surface area contributed by atoms with Crippen LogP contribution in [0.1, 0.15) is 262 Å². The van der Waals surface area contributed by atoms with E-state index in [0.29, 0.717) is 10.8 Å². The van der Waals surface area contributed by atoms with Gasteiger partial charge in [0.15, 0.2) is 0 Å². The molecule has 0 aromatic heterocycles. The highest BCUT2D eigenvalue weighted by molar-refractivity contribution is 4.66. The lowest BCUT2D eigenvalue weighted by Gasteiger charge is -2.26. The maximum absolute atomic E-state index is 5.74. The Morgan fingerprint density at radius 1 is 0.296 bits per heavy atom. The molecule has 0 heterocycles. The Bertz CT molecular complexity index is 703. The van der Waals surface area contributed by atoms with Gasteiger partial charge in [0.25, 0.3) is 0 Å². The molecule has 0 aliphatic heterocycles. The number of hydrogen-bond donors (Lipinski definition) is 0. The fourth-order valence-corrected chi connectivity index (χ4v) is 4.20. The molecule has 334 valence electrons. The third-order valence-electron chi connectivity index (χ3n) is 6.94. The molecular weight excluding hydrogens is 665 g/mol. The summed E-state index contributed by atoms with van der Waals surface area (Å²) in [6.07, 6.45) is 21.0. The van der Waals surface area contributed by atoms with Gasteiger partial charge in [-0.15, -0.1) is 0 Å². The highest BCUT2D eigenvalue weighted by Gasteiger charge is 2.17. The Hall–Kier alpha value is -0.160. The molecular formula is C50H110O4. The molecule has 0 atom stereocenters. The van der Waals surface area contributed by atoms with E-state index in [1.807, 2.05) is 6.92 Å². The quantitative estimate of drug-likeness (QED) is 0.123. The van der Waals surface area contributed by atoms with Crippen molar-refractivity contribution in [3.05, 3.63) is 0 Å². The van der Waals surface area contributed by atoms with Gasteiger partial charge < -0.3 is 18.9 Å². The number of rotatable bonds is 19. The lowest BCUT2D eigenvalue weighted by Crippen LogP contribution is -2.26. The van der Waals surface area contributed by atoms with Gasteiger partial charge in [-0.25, -0.2) is 0 Å². The minimum absolute atomic E-state index is 0.00722. The summed E-state index contributed by atoms with van der Waals surface area (Å²) in [7, 11) is 0. The second kappa shape index (κ2) is 33.8. The van der Waals surface area contributed by atoms with Crippen molar-refractivity contribution in [3.63, 3.8) is 0 Å². The average molecular weight is 775 g/mol. The second-order valence-electron chi connectivity index (χ2n) is 23.3. The molecule has 0 rings (SSSR count). The summed E-state index contributed by atoms with van der Waals surface area (Å²) in [4.78, 5) is 0. The molecule has 0 fully saturated rings. The summed E-state index contributed by atoms with van der Waals surface area (Å²) in [6.45, 7) is 54.8. The SMILES string of the molecule is CC(C)(C)C.CC(C)(C)CCOC(C)(C)C.CC(C)(C)COC(C)(C)C.CCCCCCCCCCCCCCCCOC(C)(C)C.CCOC(C)(C)C. The molecule has 0 N–H and O–H groups in total. The van der Waals surface area contributed by atoms with E-state index in [-0.39, 0.29) is 27.8 Å². The Labute approximate surface area is 345 Å². The van der Waals surface area contributed by atoms with Crippen LogP contribution in [0.2, 0.25) is 0 Å². The first kappa shape index (κ1) is 63.0. The topological polar surface area (TPSA) is 36.9 Å². The minimum atomic E-state index is 0.00722. The van der Waals surface area contributed by atoms with Crippen LogP contribution >= 0.6 is 0 Å². The summed E-state index contributed by atoms with van der Waals surface area (Å²) in [5, 5.41) is 0. The summed E-state index contributed by atoms with van der Waals surface area (Å²) in [6, 6.07) is 0. The molecule has 0 saturated carbocycles. The molecule has 0 unspecified atom stereocenters. The highest BCUT2D eigenvalue weighted by Crippen LogP contribution is 2.20. The van der Waals surface area contributed by atoms with Gasteiger partial charge in [-0.05, 0) is 119 Å². The van der Waals surface area contributed by atoms with E-state index < -0.39 is 0 Å². The minimum Gasteiger partial charge on any atom is -0.376 e. The first-order valence-corrected chi connectivity index (χ1v) is 22.6. The van der Waals surface area contributed by atoms with E-state index in [2.05, 4.69) is 159 Å². The highest BCUT2D eigenvalue weighted by atomic mass is 16.5. The predicted molar refractivity (Wildman–Crippen MR) is 247 cm³/mol. The van der Waals surface area contributed by atoms with Crippen LogP contribution in [-0.4, -0.2) is 48.8 Å². The summed E-state index contributed by atoms with van der Waals surface area (Å²) >= 11 is 0. The third kappa shape index (κ3) is 98.7. The van der Waals surface area contributed by atoms with E-state index in [1.165, 1.54) is 89.9 Å². The van der Waals surface area contributed by atoms with Crippen molar-refractivity contribution >= 4 is 0 Å². The molecule has 0 aromatic rings. The molecule has 0 aromatic carbocycles. The lowest BCUT2D eigenvalue weighted by atomic mass is 9.93. The fourth-order valence-electron chi connectivity index (χ4n) is 4.20. The van der Waals surface area contributed by atoms with Gasteiger partial charge in [0.2, 0.25) is 0 Å². The molecule has 0 aliphatic rings. The Kier molecular flexibility index (Phi) is 39.4. The van der Waals surface area contributed by atoms with Gasteiger partial charge in [-0.3, -0.25) is 0 Å². The van der Waals surface area contributed by atoms with E-state index in [1.54, 1.807) is 0 Å². The van der Waals surface area contributed by atoms with Crippen molar-refractivity contribution < 1.29 is 18.9 Å². The maximum Gasteiger partial charge on any atom is 0.0598 e. The van der Waals surface area contributed by atoms with E-state index in [9.17, 15) is 0 Å². The maximum atomic E-state index is 5.74. The van der Waals surface area contributed by atoms with Crippen molar-refractivity contribution in [2.24, 2.45) is 16.2 Å². The molecule has 4 heteroatoms. The van der Waals surface area contributed by atoms with Crippen LogP contribution < -0.4 is 0 Å². The van der Waals surface area contributed by atoms with Gasteiger partial charge in [-0.1, -0.05) is 160 Å². The summed E-state index contributed by atoms with van der Waals surface area (Å²) in [5.41, 5.74) is 1.29. The molecule has 0 bridgehead atoms. The molecule has 0 aliphatic carbocycles. The molecule has 0 saturated heterocycles. The van der Waals surface area contributed by atoms with E-state index in [4.69, 9.17) is 18.9 Å². The number of ether oxygens (including phenoxy) is 4. The van der Waals surface area contributed by atoms with Crippen LogP contribution in [0, 0.1) is 16.2 Å². The van der Waals surface area contributed by atoms with Gasteiger partial charge in [0, 0.05) is 19.8 Å². The van der Waals surface area contributed by atoms with Crippen LogP contribution in [-0.2, 0) is 18.9 Å². The molecule has 4 nitrogen and oxygen atoms in total. The van der Waals surface area contributed by atoms with Crippen molar-refractivity contribution in [2.75, 3.05) is 26.4 Å². The number of hydrogen-bond acceptors (Lipinski definition) is 4. The molecule has 54 heavy (non-hydrogen) atoms. The van der Waals surface area contributed by atoms with E-state index in [0.717, 1.165) is 32.8 Å². The Morgan fingerprint density at radius 3 is 0.778 bits per heavy atom. The van der Waals surface area contributed by atoms with Crippen LogP contribution in [0.3, 0.4) is 0 Å². The van der Waals surface area contributed by atoms with Crippen molar-refractivity contribution in [1.82, 2.24) is 0 Å². The van der Waals surface area contributed by atoms with Crippen molar-refractivity contribution in [3.8, 4) is 0 Å². The lowest BCUT2D eigenvalue weighted by molar-refractivity contribution is -0.0382. The van der Waals surface area contributed by atoms with Crippen LogP contribution in [0.25, 0.3) is 0 Å². The Balaban J connectivity index is -0.000000205. The van der Waals surface area contributed by atoms with E-state index >= 15 is 0 Å². The normalized spacial score (nSPS) is 12.7. The first-order chi connectivity index (χ1) is 24.0. The van der Waals surface area contributed by atoms with Crippen molar-refractivity contribution in [2.45, 2.75) is 285 Å². The largest absolute Gasteiger partial charge is 0.376 e. The first-order valence-electron chi connectivity index (χ1n) is 22.6. The van der Waals surface area contributed by atoms with Crippen LogP contribution in [0.15, 0.2) is 0 Å². The Morgan fingerprint density at radius 2 is 0.574 bits per heavy atom. The zero-order valence-electron chi connectivity index (χ0n) is 42.6. The summed E-state index contributed by atoms with van der Waals surface area (Å²) < 4.78 is 22.2. The monoisotopic (exact) mass is 775 g/mol. The second-order valence-corrected chi connectivity index (χ2v) is 23.3. The van der Waals surface area contributed by atoms with Gasteiger partial charge in [0.05, 0.1) is 29.0 Å². The third-order valence-corrected chi connectivity index (χ3v) is 6.94. The zero-order valence-corrected chi connectivity index (χ0v) is 42.6. The summed E-state index contributed by atoms with van der Waals surface area (Å²) in [5.74, 6) is 0. The molecule has 0 amide bonds. The average Bonchev–Trinajstić information content (AvgIpc) is 2.91. The smallest absolute Gasteiger partial charge is 0.0598 e. The molecule has 0 spiro atoms. The van der Waals surface area contributed by atoms with Gasteiger partial charge >= 0.3 is 0 Å². The van der Waals surface area contributed by atoms with Crippen molar-refractivity contribution in [1.29, 1.82) is 0 Å². The fraction of sp³-hybridized carbons (Fsp3) is 1.00. The van der Waals surface area contributed by atoms with Crippen LogP contribution in [0.4, 0.5) is 0 Å². The number of unbranched alkanes of at least 4 members (excludes halogenated alkanes) is 13. The standard InChI is InChI=1S/C20H42O.C10H22O.C9H20O.C6H14O.C5H12/c1-5-6-7-8-9-10-11-12-13-14-15-16-17-18-19-21-20(2,3)4;1-9(2,3)7-8-11-10(4,5)6;1-8(2,3)7-10-9(4,5)6;1-5-7-6(2,3)4;1-5(2,3)4/h5-19H2,1-4H3;7-8H2,1-6H3;7H2,1-6H3;5H2,1-4H3;1-4H3. The molecule has 0 radical (unpaired) electrons. The van der Waals surface area contributed by atoms with Gasteiger partial charge in [0.1, 0.15) is 0 Å². The predicted octanol–water partition coefficient (Wildman–Crippen LogP) is 17.2. The zero-order chi connectivity index (χ0) is 43.8.